The number of imidazole rings is 1. The summed E-state index contributed by atoms with van der Waals surface area (Å²) in [6, 6.07) is 0.856. The number of halogens is 2. The molecule has 1 atom stereocenters. The zero-order valence-corrected chi connectivity index (χ0v) is 12.3. The lowest BCUT2D eigenvalue weighted by Crippen LogP contribution is -2.39. The molecule has 3 rings (SSSR count). The first-order chi connectivity index (χ1) is 11.1. The number of rotatable bonds is 5. The van der Waals surface area contributed by atoms with E-state index < -0.39 is 23.7 Å². The number of nitrogens with one attached hydrogen (secondary N) is 2. The van der Waals surface area contributed by atoms with Gasteiger partial charge in [0, 0.05) is 37.6 Å². The van der Waals surface area contributed by atoms with Crippen LogP contribution in [0.4, 0.5) is 13.6 Å². The molecular formula is C15H16F2N4O2. The number of aryl methyl sites for hydroxylation is 1. The molecule has 0 bridgehead atoms. The van der Waals surface area contributed by atoms with Crippen LogP contribution in [0.25, 0.3) is 0 Å². The largest absolute Gasteiger partial charge is 0.490 e. The van der Waals surface area contributed by atoms with Gasteiger partial charge in [-0.05, 0) is 6.42 Å². The third-order valence-electron chi connectivity index (χ3n) is 3.55. The van der Waals surface area contributed by atoms with Crippen LogP contribution in [0.15, 0.2) is 30.9 Å². The molecule has 0 saturated heterocycles. The van der Waals surface area contributed by atoms with Gasteiger partial charge in [-0.2, -0.15) is 0 Å². The number of aromatic nitrogens is 2. The summed E-state index contributed by atoms with van der Waals surface area (Å²) in [5, 5.41) is 5.33. The molecule has 1 aliphatic rings. The molecule has 1 aliphatic heterocycles. The van der Waals surface area contributed by atoms with E-state index in [9.17, 15) is 13.6 Å². The van der Waals surface area contributed by atoms with Crippen molar-refractivity contribution < 1.29 is 18.3 Å². The fourth-order valence-corrected chi connectivity index (χ4v) is 2.48. The highest BCUT2D eigenvalue weighted by Gasteiger charge is 2.29. The van der Waals surface area contributed by atoms with E-state index in [2.05, 4.69) is 15.6 Å². The van der Waals surface area contributed by atoms with E-state index in [-0.39, 0.29) is 17.9 Å². The van der Waals surface area contributed by atoms with Crippen molar-refractivity contribution in [2.75, 3.05) is 13.2 Å². The number of hydrogen-bond acceptors (Lipinski definition) is 3. The molecule has 0 aliphatic carbocycles. The SMILES string of the molecule is O=C(NCCCn1ccnc1)NC1COc2cc(F)cc(F)c21. The monoisotopic (exact) mass is 322 g/mol. The Balaban J connectivity index is 1.48. The zero-order chi connectivity index (χ0) is 16.2. The molecule has 1 aromatic heterocycles. The number of amides is 2. The van der Waals surface area contributed by atoms with Crippen LogP contribution in [-0.4, -0.2) is 28.7 Å². The van der Waals surface area contributed by atoms with Gasteiger partial charge in [-0.15, -0.1) is 0 Å². The molecule has 2 aromatic rings. The number of nitrogens with zero attached hydrogens (tertiary/aromatic N) is 2. The summed E-state index contributed by atoms with van der Waals surface area (Å²) in [6.07, 6.45) is 5.97. The van der Waals surface area contributed by atoms with E-state index in [4.69, 9.17) is 4.74 Å². The van der Waals surface area contributed by atoms with Crippen LogP contribution in [-0.2, 0) is 6.54 Å². The minimum absolute atomic E-state index is 0.0815. The lowest BCUT2D eigenvalue weighted by Gasteiger charge is -2.13. The topological polar surface area (TPSA) is 68.2 Å². The molecule has 0 saturated carbocycles. The molecule has 2 amide bonds. The van der Waals surface area contributed by atoms with Crippen molar-refractivity contribution in [3.8, 4) is 5.75 Å². The Hall–Kier alpha value is -2.64. The van der Waals surface area contributed by atoms with E-state index in [1.807, 2.05) is 10.8 Å². The number of ether oxygens (including phenoxy) is 1. The van der Waals surface area contributed by atoms with Crippen molar-refractivity contribution >= 4 is 6.03 Å². The smallest absolute Gasteiger partial charge is 0.315 e. The van der Waals surface area contributed by atoms with E-state index in [0.29, 0.717) is 6.54 Å². The van der Waals surface area contributed by atoms with Gasteiger partial charge in [0.1, 0.15) is 24.0 Å². The van der Waals surface area contributed by atoms with Crippen molar-refractivity contribution in [1.29, 1.82) is 0 Å². The van der Waals surface area contributed by atoms with Crippen molar-refractivity contribution in [2.45, 2.75) is 19.0 Å². The van der Waals surface area contributed by atoms with Gasteiger partial charge >= 0.3 is 6.03 Å². The molecule has 122 valence electrons. The van der Waals surface area contributed by atoms with E-state index in [1.54, 1.807) is 12.5 Å². The first kappa shape index (κ1) is 15.3. The Bertz CT molecular complexity index is 691. The first-order valence-corrected chi connectivity index (χ1v) is 7.25. The van der Waals surface area contributed by atoms with Crippen LogP contribution in [0.3, 0.4) is 0 Å². The molecule has 1 unspecified atom stereocenters. The first-order valence-electron chi connectivity index (χ1n) is 7.25. The number of hydrogen-bond donors (Lipinski definition) is 2. The summed E-state index contributed by atoms with van der Waals surface area (Å²) < 4.78 is 34.0. The Morgan fingerprint density at radius 3 is 3.09 bits per heavy atom. The molecular weight excluding hydrogens is 306 g/mol. The number of urea groups is 1. The highest BCUT2D eigenvalue weighted by atomic mass is 19.1. The maximum Gasteiger partial charge on any atom is 0.315 e. The minimum Gasteiger partial charge on any atom is -0.490 e. The predicted molar refractivity (Wildman–Crippen MR) is 78.0 cm³/mol. The fourth-order valence-electron chi connectivity index (χ4n) is 2.48. The van der Waals surface area contributed by atoms with Crippen LogP contribution in [0.2, 0.25) is 0 Å². The highest BCUT2D eigenvalue weighted by molar-refractivity contribution is 5.74. The number of carbonyl (C=O) groups is 1. The Morgan fingerprint density at radius 2 is 2.30 bits per heavy atom. The molecule has 1 aromatic carbocycles. The number of carbonyl (C=O) groups excluding carboxylic acids is 1. The van der Waals surface area contributed by atoms with Gasteiger partial charge in [0.05, 0.1) is 17.9 Å². The Labute approximate surface area is 131 Å². The summed E-state index contributed by atoms with van der Waals surface area (Å²) in [6.45, 7) is 1.29. The van der Waals surface area contributed by atoms with Gasteiger partial charge in [0.25, 0.3) is 0 Å². The third kappa shape index (κ3) is 3.58. The Kier molecular flexibility index (Phi) is 4.40. The second-order valence-electron chi connectivity index (χ2n) is 5.22. The summed E-state index contributed by atoms with van der Waals surface area (Å²) >= 11 is 0. The van der Waals surface area contributed by atoms with E-state index >= 15 is 0 Å². The van der Waals surface area contributed by atoms with Crippen molar-refractivity contribution in [3.05, 3.63) is 48.1 Å². The minimum atomic E-state index is -0.720. The van der Waals surface area contributed by atoms with Crippen molar-refractivity contribution in [3.63, 3.8) is 0 Å². The predicted octanol–water partition coefficient (Wildman–Crippen LogP) is 1.98. The van der Waals surface area contributed by atoms with Crippen LogP contribution < -0.4 is 15.4 Å². The standard InChI is InChI=1S/C15H16F2N4O2/c16-10-6-11(17)14-12(8-23-13(14)7-10)20-15(22)19-2-1-4-21-5-3-18-9-21/h3,5-7,9,12H,1-2,4,8H2,(H2,19,20,22). The highest BCUT2D eigenvalue weighted by Crippen LogP contribution is 2.35. The van der Waals surface area contributed by atoms with Crippen LogP contribution in [0.1, 0.15) is 18.0 Å². The average molecular weight is 322 g/mol. The van der Waals surface area contributed by atoms with Gasteiger partial charge < -0.3 is 19.9 Å². The van der Waals surface area contributed by atoms with Gasteiger partial charge in [0.15, 0.2) is 0 Å². The normalized spacial score (nSPS) is 15.8. The summed E-state index contributed by atoms with van der Waals surface area (Å²) in [4.78, 5) is 15.8. The Morgan fingerprint density at radius 1 is 1.43 bits per heavy atom. The number of benzene rings is 1. The second kappa shape index (κ2) is 6.64. The van der Waals surface area contributed by atoms with Gasteiger partial charge in [-0.3, -0.25) is 0 Å². The van der Waals surface area contributed by atoms with Crippen molar-refractivity contribution in [1.82, 2.24) is 20.2 Å². The van der Waals surface area contributed by atoms with E-state index in [0.717, 1.165) is 25.1 Å². The molecule has 8 heteroatoms. The second-order valence-corrected chi connectivity index (χ2v) is 5.22. The molecule has 0 radical (unpaired) electrons. The van der Waals surface area contributed by atoms with Crippen LogP contribution in [0.5, 0.6) is 5.75 Å². The quantitative estimate of drug-likeness (QED) is 0.827. The molecule has 23 heavy (non-hydrogen) atoms. The zero-order valence-electron chi connectivity index (χ0n) is 12.3. The van der Waals surface area contributed by atoms with Gasteiger partial charge in [-0.1, -0.05) is 0 Å². The molecule has 2 heterocycles. The molecule has 6 nitrogen and oxygen atoms in total. The molecule has 2 N–H and O–H groups in total. The van der Waals surface area contributed by atoms with Gasteiger partial charge in [-0.25, -0.2) is 18.6 Å². The van der Waals surface area contributed by atoms with E-state index in [1.165, 1.54) is 0 Å². The van der Waals surface area contributed by atoms with Gasteiger partial charge in [0.2, 0.25) is 0 Å². The maximum atomic E-state index is 13.8. The molecule has 0 fully saturated rings. The number of fused-ring (bicyclic) bond motifs is 1. The summed E-state index contributed by atoms with van der Waals surface area (Å²) in [5.74, 6) is -1.29. The average Bonchev–Trinajstić information content (AvgIpc) is 3.13. The maximum absolute atomic E-state index is 13.8. The fraction of sp³-hybridized carbons (Fsp3) is 0.333. The van der Waals surface area contributed by atoms with Crippen molar-refractivity contribution in [2.24, 2.45) is 0 Å². The molecule has 0 spiro atoms. The van der Waals surface area contributed by atoms with Crippen LogP contribution in [0, 0.1) is 11.6 Å². The summed E-state index contributed by atoms with van der Waals surface area (Å²) in [5.41, 5.74) is 0.181. The lowest BCUT2D eigenvalue weighted by molar-refractivity contribution is 0.231. The summed E-state index contributed by atoms with van der Waals surface area (Å²) in [7, 11) is 0. The van der Waals surface area contributed by atoms with Crippen LogP contribution >= 0.6 is 0 Å². The lowest BCUT2D eigenvalue weighted by atomic mass is 10.1. The third-order valence-corrected chi connectivity index (χ3v) is 3.55.